The number of hydrogen-bond acceptors (Lipinski definition) is 1. The molecule has 1 aromatic rings. The fourth-order valence-electron chi connectivity index (χ4n) is 1.51. The van der Waals surface area contributed by atoms with Gasteiger partial charge in [0.05, 0.1) is 12.0 Å². The van der Waals surface area contributed by atoms with Crippen LogP contribution >= 0.6 is 0 Å². The average Bonchev–Trinajstić information content (AvgIpc) is 2.51. The Kier molecular flexibility index (Phi) is 2.63. The summed E-state index contributed by atoms with van der Waals surface area (Å²) in [4.78, 5) is 4.35. The second kappa shape index (κ2) is 4.09. The SMILES string of the molecule is Cn1cnc(C2C=CC/C=C\C=C/2)c1. The summed E-state index contributed by atoms with van der Waals surface area (Å²) >= 11 is 0. The summed E-state index contributed by atoms with van der Waals surface area (Å²) in [5.74, 6) is 0.321. The first kappa shape index (κ1) is 9.00. The highest BCUT2D eigenvalue weighted by molar-refractivity contribution is 5.24. The third-order valence-corrected chi connectivity index (χ3v) is 2.25. The van der Waals surface area contributed by atoms with Crippen LogP contribution in [0.15, 0.2) is 49.0 Å². The van der Waals surface area contributed by atoms with E-state index in [2.05, 4.69) is 47.6 Å². The molecule has 72 valence electrons. The van der Waals surface area contributed by atoms with Crippen molar-refractivity contribution in [1.82, 2.24) is 9.55 Å². The molecule has 2 rings (SSSR count). The molecular formula is C12H14N2. The van der Waals surface area contributed by atoms with Gasteiger partial charge in [-0.25, -0.2) is 4.98 Å². The van der Waals surface area contributed by atoms with Crippen LogP contribution in [0.2, 0.25) is 0 Å². The van der Waals surface area contributed by atoms with Crippen LogP contribution in [0.1, 0.15) is 18.0 Å². The number of rotatable bonds is 1. The van der Waals surface area contributed by atoms with Crippen molar-refractivity contribution < 1.29 is 0 Å². The van der Waals surface area contributed by atoms with Crippen molar-refractivity contribution in [2.75, 3.05) is 0 Å². The van der Waals surface area contributed by atoms with Crippen molar-refractivity contribution in [2.45, 2.75) is 12.3 Å². The lowest BCUT2D eigenvalue weighted by molar-refractivity contribution is 0.911. The van der Waals surface area contributed by atoms with Gasteiger partial charge in [0.15, 0.2) is 0 Å². The van der Waals surface area contributed by atoms with Crippen LogP contribution in [0.5, 0.6) is 0 Å². The monoisotopic (exact) mass is 186 g/mol. The quantitative estimate of drug-likeness (QED) is 0.616. The first-order chi connectivity index (χ1) is 6.86. The van der Waals surface area contributed by atoms with Crippen molar-refractivity contribution in [2.24, 2.45) is 7.05 Å². The van der Waals surface area contributed by atoms with E-state index in [0.717, 1.165) is 12.1 Å². The van der Waals surface area contributed by atoms with Crippen LogP contribution in [0.3, 0.4) is 0 Å². The summed E-state index contributed by atoms with van der Waals surface area (Å²) in [5, 5.41) is 0. The first-order valence-electron chi connectivity index (χ1n) is 4.84. The molecule has 1 atom stereocenters. The van der Waals surface area contributed by atoms with E-state index in [1.54, 1.807) is 0 Å². The van der Waals surface area contributed by atoms with Crippen LogP contribution in [-0.4, -0.2) is 9.55 Å². The summed E-state index contributed by atoms with van der Waals surface area (Å²) in [6, 6.07) is 0. The molecule has 0 fully saturated rings. The van der Waals surface area contributed by atoms with Crippen molar-refractivity contribution >= 4 is 0 Å². The summed E-state index contributed by atoms with van der Waals surface area (Å²) in [7, 11) is 1.99. The maximum atomic E-state index is 4.35. The minimum absolute atomic E-state index is 0.321. The van der Waals surface area contributed by atoms with E-state index in [0.29, 0.717) is 5.92 Å². The predicted octanol–water partition coefficient (Wildman–Crippen LogP) is 2.58. The molecule has 0 spiro atoms. The highest BCUT2D eigenvalue weighted by Crippen LogP contribution is 2.18. The molecule has 1 aliphatic rings. The standard InChI is InChI=1S/C12H14N2/c1-14-9-12(13-10-14)11-7-5-3-2-4-6-8-11/h2-3,5-11H,4H2,1H3/b3-2-,7-5-,8-6?. The molecular weight excluding hydrogens is 172 g/mol. The lowest BCUT2D eigenvalue weighted by atomic mass is 10.0. The fraction of sp³-hybridized carbons (Fsp3) is 0.250. The zero-order chi connectivity index (χ0) is 9.80. The molecule has 0 amide bonds. The number of nitrogens with zero attached hydrogens (tertiary/aromatic N) is 2. The van der Waals surface area contributed by atoms with Crippen molar-refractivity contribution in [1.29, 1.82) is 0 Å². The maximum absolute atomic E-state index is 4.35. The van der Waals surface area contributed by atoms with Gasteiger partial charge in [0.2, 0.25) is 0 Å². The molecule has 0 saturated carbocycles. The molecule has 0 bridgehead atoms. The highest BCUT2D eigenvalue weighted by Gasteiger charge is 2.06. The van der Waals surface area contributed by atoms with Gasteiger partial charge in [-0.15, -0.1) is 0 Å². The van der Waals surface area contributed by atoms with E-state index in [9.17, 15) is 0 Å². The number of imidazole rings is 1. The van der Waals surface area contributed by atoms with Gasteiger partial charge in [-0.2, -0.15) is 0 Å². The van der Waals surface area contributed by atoms with Crippen LogP contribution in [0.4, 0.5) is 0 Å². The van der Waals surface area contributed by atoms with Gasteiger partial charge in [-0.05, 0) is 6.42 Å². The summed E-state index contributed by atoms with van der Waals surface area (Å²) in [6.07, 6.45) is 17.8. The zero-order valence-corrected chi connectivity index (χ0v) is 8.30. The number of allylic oxidation sites excluding steroid dienone is 6. The van der Waals surface area contributed by atoms with Gasteiger partial charge in [0.25, 0.3) is 0 Å². The summed E-state index contributed by atoms with van der Waals surface area (Å²) in [5.41, 5.74) is 1.11. The molecule has 0 aromatic carbocycles. The largest absolute Gasteiger partial charge is 0.340 e. The van der Waals surface area contributed by atoms with E-state index in [4.69, 9.17) is 0 Å². The highest BCUT2D eigenvalue weighted by atomic mass is 15.0. The fourth-order valence-corrected chi connectivity index (χ4v) is 1.51. The average molecular weight is 186 g/mol. The third-order valence-electron chi connectivity index (χ3n) is 2.25. The van der Waals surface area contributed by atoms with Crippen molar-refractivity contribution in [3.8, 4) is 0 Å². The van der Waals surface area contributed by atoms with Crippen LogP contribution in [0.25, 0.3) is 0 Å². The molecule has 2 nitrogen and oxygen atoms in total. The van der Waals surface area contributed by atoms with Crippen molar-refractivity contribution in [3.63, 3.8) is 0 Å². The Balaban J connectivity index is 2.24. The van der Waals surface area contributed by atoms with Crippen LogP contribution < -0.4 is 0 Å². The number of aryl methyl sites for hydroxylation is 1. The minimum Gasteiger partial charge on any atom is -0.340 e. The van der Waals surface area contributed by atoms with Gasteiger partial charge in [0.1, 0.15) is 0 Å². The third kappa shape index (κ3) is 2.02. The molecule has 1 aromatic heterocycles. The predicted molar refractivity (Wildman–Crippen MR) is 58.0 cm³/mol. The lowest BCUT2D eigenvalue weighted by Crippen LogP contribution is -1.92. The molecule has 1 aliphatic carbocycles. The van der Waals surface area contributed by atoms with Crippen LogP contribution in [-0.2, 0) is 7.05 Å². The molecule has 1 unspecified atom stereocenters. The second-order valence-electron chi connectivity index (χ2n) is 3.47. The van der Waals surface area contributed by atoms with Crippen molar-refractivity contribution in [3.05, 3.63) is 54.7 Å². The van der Waals surface area contributed by atoms with E-state index in [1.807, 2.05) is 17.9 Å². The van der Waals surface area contributed by atoms with E-state index < -0.39 is 0 Å². The zero-order valence-electron chi connectivity index (χ0n) is 8.30. The Morgan fingerprint density at radius 1 is 1.29 bits per heavy atom. The Morgan fingerprint density at radius 2 is 2.21 bits per heavy atom. The maximum Gasteiger partial charge on any atom is 0.0947 e. The molecule has 2 heteroatoms. The molecule has 0 aliphatic heterocycles. The first-order valence-corrected chi connectivity index (χ1v) is 4.84. The number of aromatic nitrogens is 2. The smallest absolute Gasteiger partial charge is 0.0947 e. The minimum atomic E-state index is 0.321. The number of hydrogen-bond donors (Lipinski definition) is 0. The van der Waals surface area contributed by atoms with Gasteiger partial charge >= 0.3 is 0 Å². The second-order valence-corrected chi connectivity index (χ2v) is 3.47. The Morgan fingerprint density at radius 3 is 3.00 bits per heavy atom. The summed E-state index contributed by atoms with van der Waals surface area (Å²) in [6.45, 7) is 0. The molecule has 0 N–H and O–H groups in total. The van der Waals surface area contributed by atoms with E-state index >= 15 is 0 Å². The van der Waals surface area contributed by atoms with Crippen LogP contribution in [0, 0.1) is 0 Å². The molecule has 14 heavy (non-hydrogen) atoms. The lowest BCUT2D eigenvalue weighted by Gasteiger charge is -2.04. The topological polar surface area (TPSA) is 17.8 Å². The molecule has 0 radical (unpaired) electrons. The van der Waals surface area contributed by atoms with E-state index in [-0.39, 0.29) is 0 Å². The Labute approximate surface area is 84.3 Å². The van der Waals surface area contributed by atoms with Gasteiger partial charge in [0, 0.05) is 19.2 Å². The van der Waals surface area contributed by atoms with Gasteiger partial charge in [-0.1, -0.05) is 36.5 Å². The molecule has 1 heterocycles. The Bertz CT molecular complexity index is 383. The van der Waals surface area contributed by atoms with E-state index in [1.165, 1.54) is 0 Å². The summed E-state index contributed by atoms with van der Waals surface area (Å²) < 4.78 is 1.98. The normalized spacial score (nSPS) is 25.4. The van der Waals surface area contributed by atoms with Gasteiger partial charge < -0.3 is 4.57 Å². The van der Waals surface area contributed by atoms with Gasteiger partial charge in [-0.3, -0.25) is 0 Å². The molecule has 0 saturated heterocycles. The Hall–Kier alpha value is -1.57.